The minimum absolute atomic E-state index is 0.323. The Bertz CT molecular complexity index is 616. The number of rotatable bonds is 6. The summed E-state index contributed by atoms with van der Waals surface area (Å²) in [6, 6.07) is 10.4. The van der Waals surface area contributed by atoms with Crippen LogP contribution in [0.2, 0.25) is 5.02 Å². The van der Waals surface area contributed by atoms with Crippen LogP contribution in [0.4, 0.5) is 4.39 Å². The van der Waals surface area contributed by atoms with Gasteiger partial charge in [-0.3, -0.25) is 0 Å². The first-order chi connectivity index (χ1) is 10.1. The van der Waals surface area contributed by atoms with Crippen LogP contribution in [0.25, 0.3) is 0 Å². The van der Waals surface area contributed by atoms with Gasteiger partial charge in [0.15, 0.2) is 0 Å². The molecule has 0 amide bonds. The predicted octanol–water partition coefficient (Wildman–Crippen LogP) is 4.48. The van der Waals surface area contributed by atoms with Crippen molar-refractivity contribution in [2.45, 2.75) is 27.0 Å². The van der Waals surface area contributed by atoms with E-state index in [1.807, 2.05) is 25.1 Å². The van der Waals surface area contributed by atoms with Crippen molar-refractivity contribution >= 4 is 11.6 Å². The molecule has 0 saturated heterocycles. The first-order valence-electron chi connectivity index (χ1n) is 6.97. The fourth-order valence-corrected chi connectivity index (χ4v) is 2.33. The number of benzene rings is 2. The van der Waals surface area contributed by atoms with Crippen molar-refractivity contribution in [3.63, 3.8) is 0 Å². The molecule has 0 atom stereocenters. The smallest absolute Gasteiger partial charge is 0.127 e. The third kappa shape index (κ3) is 4.19. The summed E-state index contributed by atoms with van der Waals surface area (Å²) in [5, 5.41) is 3.68. The zero-order chi connectivity index (χ0) is 15.2. The first kappa shape index (κ1) is 15.8. The molecule has 0 fully saturated rings. The third-order valence-electron chi connectivity index (χ3n) is 3.25. The van der Waals surface area contributed by atoms with E-state index in [9.17, 15) is 4.39 Å². The molecule has 0 aliphatic heterocycles. The lowest BCUT2D eigenvalue weighted by Crippen LogP contribution is -2.13. The molecule has 0 unspecified atom stereocenters. The van der Waals surface area contributed by atoms with Crippen LogP contribution in [0.15, 0.2) is 36.4 Å². The van der Waals surface area contributed by atoms with E-state index in [1.54, 1.807) is 6.07 Å². The Labute approximate surface area is 129 Å². The molecule has 0 aliphatic rings. The summed E-state index contributed by atoms with van der Waals surface area (Å²) in [4.78, 5) is 0. The van der Waals surface area contributed by atoms with E-state index in [4.69, 9.17) is 16.3 Å². The zero-order valence-electron chi connectivity index (χ0n) is 12.2. The maximum Gasteiger partial charge on any atom is 0.127 e. The Morgan fingerprint density at radius 2 is 2.00 bits per heavy atom. The SMILES string of the molecule is CCNCc1cccc(C)c1OCc1ccc(F)cc1Cl. The first-order valence-corrected chi connectivity index (χ1v) is 7.35. The van der Waals surface area contributed by atoms with Gasteiger partial charge >= 0.3 is 0 Å². The molecule has 2 rings (SSSR count). The molecule has 0 radical (unpaired) electrons. The summed E-state index contributed by atoms with van der Waals surface area (Å²) in [6.07, 6.45) is 0. The van der Waals surface area contributed by atoms with Gasteiger partial charge in [0.25, 0.3) is 0 Å². The lowest BCUT2D eigenvalue weighted by atomic mass is 10.1. The highest BCUT2D eigenvalue weighted by molar-refractivity contribution is 6.31. The Balaban J connectivity index is 2.15. The normalized spacial score (nSPS) is 10.7. The highest BCUT2D eigenvalue weighted by atomic mass is 35.5. The second-order valence-corrected chi connectivity index (χ2v) is 5.28. The number of nitrogens with one attached hydrogen (secondary N) is 1. The van der Waals surface area contributed by atoms with E-state index in [0.29, 0.717) is 11.6 Å². The highest BCUT2D eigenvalue weighted by Gasteiger charge is 2.09. The van der Waals surface area contributed by atoms with Crippen LogP contribution in [0, 0.1) is 12.7 Å². The number of ether oxygens (including phenoxy) is 1. The summed E-state index contributed by atoms with van der Waals surface area (Å²) in [5.41, 5.74) is 2.95. The van der Waals surface area contributed by atoms with Gasteiger partial charge < -0.3 is 10.1 Å². The molecule has 0 saturated carbocycles. The molecule has 2 nitrogen and oxygen atoms in total. The van der Waals surface area contributed by atoms with Crippen LogP contribution in [0.3, 0.4) is 0 Å². The van der Waals surface area contributed by atoms with Crippen molar-refractivity contribution in [1.29, 1.82) is 0 Å². The van der Waals surface area contributed by atoms with Gasteiger partial charge in [0.05, 0.1) is 5.02 Å². The van der Waals surface area contributed by atoms with Gasteiger partial charge in [-0.2, -0.15) is 0 Å². The average molecular weight is 308 g/mol. The number of aryl methyl sites for hydroxylation is 1. The van der Waals surface area contributed by atoms with E-state index in [0.717, 1.165) is 35.5 Å². The second-order valence-electron chi connectivity index (χ2n) is 4.87. The van der Waals surface area contributed by atoms with Crippen molar-refractivity contribution in [2.24, 2.45) is 0 Å². The fourth-order valence-electron chi connectivity index (χ4n) is 2.11. The summed E-state index contributed by atoms with van der Waals surface area (Å²) in [7, 11) is 0. The molecular weight excluding hydrogens is 289 g/mol. The summed E-state index contributed by atoms with van der Waals surface area (Å²) in [6.45, 7) is 6.05. The Hall–Kier alpha value is -1.58. The largest absolute Gasteiger partial charge is 0.488 e. The van der Waals surface area contributed by atoms with Gasteiger partial charge in [-0.05, 0) is 31.2 Å². The highest BCUT2D eigenvalue weighted by Crippen LogP contribution is 2.26. The Morgan fingerprint density at radius 3 is 2.71 bits per heavy atom. The van der Waals surface area contributed by atoms with Crippen molar-refractivity contribution in [2.75, 3.05) is 6.54 Å². The number of hydrogen-bond donors (Lipinski definition) is 1. The van der Waals surface area contributed by atoms with Crippen LogP contribution in [-0.2, 0) is 13.2 Å². The molecule has 2 aromatic rings. The van der Waals surface area contributed by atoms with Crippen LogP contribution in [0.1, 0.15) is 23.6 Å². The number of hydrogen-bond acceptors (Lipinski definition) is 2. The summed E-state index contributed by atoms with van der Waals surface area (Å²) < 4.78 is 19.0. The van der Waals surface area contributed by atoms with Gasteiger partial charge in [0, 0.05) is 17.7 Å². The predicted molar refractivity (Wildman–Crippen MR) is 84.3 cm³/mol. The molecule has 0 aliphatic carbocycles. The Morgan fingerprint density at radius 1 is 1.19 bits per heavy atom. The molecular formula is C17H19ClFNO. The molecule has 0 spiro atoms. The number of halogens is 2. The van der Waals surface area contributed by atoms with E-state index >= 15 is 0 Å². The second kappa shape index (κ2) is 7.43. The maximum absolute atomic E-state index is 13.0. The quantitative estimate of drug-likeness (QED) is 0.850. The molecule has 1 N–H and O–H groups in total. The minimum atomic E-state index is -0.340. The van der Waals surface area contributed by atoms with Crippen LogP contribution >= 0.6 is 11.6 Å². The van der Waals surface area contributed by atoms with Crippen molar-refractivity contribution < 1.29 is 9.13 Å². The zero-order valence-corrected chi connectivity index (χ0v) is 13.0. The topological polar surface area (TPSA) is 21.3 Å². The lowest BCUT2D eigenvalue weighted by Gasteiger charge is -2.15. The molecule has 21 heavy (non-hydrogen) atoms. The standard InChI is InChI=1S/C17H19ClFNO/c1-3-20-10-13-6-4-5-12(2)17(13)21-11-14-7-8-15(19)9-16(14)18/h4-9,20H,3,10-11H2,1-2H3. The van der Waals surface area contributed by atoms with Crippen molar-refractivity contribution in [3.8, 4) is 5.75 Å². The monoisotopic (exact) mass is 307 g/mol. The van der Waals surface area contributed by atoms with E-state index < -0.39 is 0 Å². The average Bonchev–Trinajstić information content (AvgIpc) is 2.45. The Kier molecular flexibility index (Phi) is 5.59. The van der Waals surface area contributed by atoms with Crippen LogP contribution in [0.5, 0.6) is 5.75 Å². The molecule has 0 aromatic heterocycles. The summed E-state index contributed by atoms with van der Waals surface area (Å²) in [5.74, 6) is 0.520. The van der Waals surface area contributed by atoms with Gasteiger partial charge in [-0.15, -0.1) is 0 Å². The van der Waals surface area contributed by atoms with Gasteiger partial charge in [-0.25, -0.2) is 4.39 Å². The lowest BCUT2D eigenvalue weighted by molar-refractivity contribution is 0.300. The van der Waals surface area contributed by atoms with Gasteiger partial charge in [0.2, 0.25) is 0 Å². The fraction of sp³-hybridized carbons (Fsp3) is 0.294. The molecule has 112 valence electrons. The summed E-state index contributed by atoms with van der Waals surface area (Å²) >= 11 is 6.03. The van der Waals surface area contributed by atoms with Crippen molar-refractivity contribution in [1.82, 2.24) is 5.32 Å². The van der Waals surface area contributed by atoms with E-state index in [2.05, 4.69) is 12.2 Å². The van der Waals surface area contributed by atoms with Gasteiger partial charge in [-0.1, -0.05) is 42.8 Å². The third-order valence-corrected chi connectivity index (χ3v) is 3.60. The van der Waals surface area contributed by atoms with Crippen LogP contribution in [-0.4, -0.2) is 6.54 Å². The molecule has 0 heterocycles. The molecule has 0 bridgehead atoms. The molecule has 2 aromatic carbocycles. The minimum Gasteiger partial charge on any atom is -0.488 e. The van der Waals surface area contributed by atoms with E-state index in [1.165, 1.54) is 12.1 Å². The maximum atomic E-state index is 13.0. The molecule has 4 heteroatoms. The van der Waals surface area contributed by atoms with Gasteiger partial charge in [0.1, 0.15) is 18.2 Å². The van der Waals surface area contributed by atoms with Crippen molar-refractivity contribution in [3.05, 3.63) is 63.9 Å². The van der Waals surface area contributed by atoms with Crippen LogP contribution < -0.4 is 10.1 Å². The van der Waals surface area contributed by atoms with E-state index in [-0.39, 0.29) is 5.82 Å². The number of para-hydroxylation sites is 1.